The Morgan fingerprint density at radius 1 is 1.24 bits per heavy atom. The summed E-state index contributed by atoms with van der Waals surface area (Å²) in [7, 11) is 0. The van der Waals surface area contributed by atoms with Crippen LogP contribution in [0.4, 0.5) is 0 Å². The van der Waals surface area contributed by atoms with Gasteiger partial charge in [-0.3, -0.25) is 0 Å². The summed E-state index contributed by atoms with van der Waals surface area (Å²) in [4.78, 5) is 15.0. The molecule has 17 heavy (non-hydrogen) atoms. The zero-order chi connectivity index (χ0) is 12.0. The van der Waals surface area contributed by atoms with Crippen molar-refractivity contribution in [3.63, 3.8) is 0 Å². The smallest absolute Gasteiger partial charge is 0.170 e. The number of benzene rings is 1. The van der Waals surface area contributed by atoms with Crippen LogP contribution in [0.5, 0.6) is 0 Å². The summed E-state index contributed by atoms with van der Waals surface area (Å²) in [5.41, 5.74) is 0.850. The van der Waals surface area contributed by atoms with Crippen molar-refractivity contribution in [2.75, 3.05) is 0 Å². The van der Waals surface area contributed by atoms with Gasteiger partial charge in [-0.1, -0.05) is 34.5 Å². The van der Waals surface area contributed by atoms with Gasteiger partial charge in [-0.15, -0.1) is 0 Å². The van der Waals surface area contributed by atoms with Gasteiger partial charge in [0, 0.05) is 17.0 Å². The predicted octanol–water partition coefficient (Wildman–Crippen LogP) is 2.88. The van der Waals surface area contributed by atoms with Crippen LogP contribution in [0.2, 0.25) is 5.15 Å². The molecule has 0 bridgehead atoms. The van der Waals surface area contributed by atoms with Crippen LogP contribution in [0.25, 0.3) is 21.8 Å². The van der Waals surface area contributed by atoms with Crippen molar-refractivity contribution >= 4 is 33.4 Å². The Hall–Kier alpha value is -2.14. The van der Waals surface area contributed by atoms with Crippen LogP contribution in [0.3, 0.4) is 0 Å². The number of halogens is 1. The topological polar surface area (TPSA) is 61.0 Å². The van der Waals surface area contributed by atoms with Crippen molar-refractivity contribution in [3.05, 3.63) is 51.8 Å². The molecule has 0 radical (unpaired) electrons. The summed E-state index contributed by atoms with van der Waals surface area (Å²) in [5.74, 6) is 0. The SMILES string of the molecule is O=[N+]([O-])n1c2ccccc2c2ccnc(Cl)c21. The summed E-state index contributed by atoms with van der Waals surface area (Å²) >= 11 is 5.94. The van der Waals surface area contributed by atoms with Gasteiger partial charge in [0.2, 0.25) is 0 Å². The highest BCUT2D eigenvalue weighted by molar-refractivity contribution is 6.35. The number of hydrogen-bond acceptors (Lipinski definition) is 3. The van der Waals surface area contributed by atoms with Crippen molar-refractivity contribution < 1.29 is 5.03 Å². The zero-order valence-corrected chi connectivity index (χ0v) is 9.26. The third-order valence-electron chi connectivity index (χ3n) is 2.68. The van der Waals surface area contributed by atoms with E-state index in [0.717, 1.165) is 15.4 Å². The Kier molecular flexibility index (Phi) is 2.02. The molecule has 84 valence electrons. The minimum Gasteiger partial charge on any atom is -0.242 e. The van der Waals surface area contributed by atoms with Gasteiger partial charge in [0.1, 0.15) is 5.52 Å². The van der Waals surface area contributed by atoms with Crippen LogP contribution in [-0.4, -0.2) is 14.7 Å². The molecule has 0 atom stereocenters. The van der Waals surface area contributed by atoms with E-state index in [-0.39, 0.29) is 5.15 Å². The summed E-state index contributed by atoms with van der Waals surface area (Å²) in [6.45, 7) is 0. The van der Waals surface area contributed by atoms with Crippen molar-refractivity contribution in [2.45, 2.75) is 0 Å². The molecule has 0 saturated carbocycles. The summed E-state index contributed by atoms with van der Waals surface area (Å²) in [6, 6.07) is 8.83. The fraction of sp³-hybridized carbons (Fsp3) is 0. The largest absolute Gasteiger partial charge is 0.242 e. The number of para-hydroxylation sites is 1. The maximum atomic E-state index is 11.1. The normalized spacial score (nSPS) is 11.1. The zero-order valence-electron chi connectivity index (χ0n) is 8.50. The van der Waals surface area contributed by atoms with E-state index in [2.05, 4.69) is 4.98 Å². The molecule has 3 aromatic rings. The molecule has 3 rings (SSSR count). The highest BCUT2D eigenvalue weighted by Crippen LogP contribution is 2.31. The second-order valence-corrected chi connectivity index (χ2v) is 3.92. The van der Waals surface area contributed by atoms with E-state index in [4.69, 9.17) is 11.6 Å². The van der Waals surface area contributed by atoms with Gasteiger partial charge < -0.3 is 0 Å². The van der Waals surface area contributed by atoms with Crippen LogP contribution in [0.1, 0.15) is 0 Å². The first-order chi connectivity index (χ1) is 8.20. The highest BCUT2D eigenvalue weighted by Gasteiger charge is 2.19. The fourth-order valence-corrected chi connectivity index (χ4v) is 2.26. The summed E-state index contributed by atoms with van der Waals surface area (Å²) in [6.07, 6.45) is 1.54. The average molecular weight is 248 g/mol. The minimum atomic E-state index is -0.488. The molecule has 0 amide bonds. The first kappa shape index (κ1) is 10.0. The molecule has 0 aliphatic carbocycles. The Morgan fingerprint density at radius 3 is 2.76 bits per heavy atom. The van der Waals surface area contributed by atoms with Crippen LogP contribution in [0.15, 0.2) is 36.5 Å². The van der Waals surface area contributed by atoms with Gasteiger partial charge in [0.25, 0.3) is 0 Å². The van der Waals surface area contributed by atoms with E-state index >= 15 is 0 Å². The van der Waals surface area contributed by atoms with Gasteiger partial charge >= 0.3 is 0 Å². The van der Waals surface area contributed by atoms with Gasteiger partial charge in [-0.05, 0) is 12.1 Å². The number of nitro groups is 1. The number of pyridine rings is 1. The number of rotatable bonds is 1. The molecular weight excluding hydrogens is 242 g/mol. The van der Waals surface area contributed by atoms with Crippen LogP contribution >= 0.6 is 11.6 Å². The average Bonchev–Trinajstić information content (AvgIpc) is 2.65. The Morgan fingerprint density at radius 2 is 2.00 bits per heavy atom. The van der Waals surface area contributed by atoms with Gasteiger partial charge in [0.05, 0.1) is 0 Å². The molecule has 6 heteroatoms. The molecule has 0 spiro atoms. The number of aromatic nitrogens is 2. The van der Waals surface area contributed by atoms with Crippen LogP contribution in [0, 0.1) is 10.1 Å². The maximum Gasteiger partial charge on any atom is 0.170 e. The molecule has 5 nitrogen and oxygen atoms in total. The molecule has 0 N–H and O–H groups in total. The lowest BCUT2D eigenvalue weighted by molar-refractivity contribution is -0.533. The lowest BCUT2D eigenvalue weighted by Gasteiger charge is -1.96. The molecule has 0 aliphatic heterocycles. The Bertz CT molecular complexity index is 751. The second-order valence-electron chi connectivity index (χ2n) is 3.56. The first-order valence-electron chi connectivity index (χ1n) is 4.88. The third-order valence-corrected chi connectivity index (χ3v) is 2.95. The maximum absolute atomic E-state index is 11.1. The van der Waals surface area contributed by atoms with E-state index in [1.165, 1.54) is 0 Å². The molecule has 2 heterocycles. The molecule has 0 fully saturated rings. The monoisotopic (exact) mass is 247 g/mol. The third kappa shape index (κ3) is 1.29. The Balaban J connectivity index is 2.68. The summed E-state index contributed by atoms with van der Waals surface area (Å²) < 4.78 is 0.972. The number of nitrogens with zero attached hydrogens (tertiary/aromatic N) is 3. The highest BCUT2D eigenvalue weighted by atomic mass is 35.5. The van der Waals surface area contributed by atoms with Gasteiger partial charge in [0.15, 0.2) is 15.7 Å². The molecule has 0 unspecified atom stereocenters. The molecule has 0 saturated heterocycles. The van der Waals surface area contributed by atoms with E-state index < -0.39 is 5.03 Å². The lowest BCUT2D eigenvalue weighted by atomic mass is 10.2. The van der Waals surface area contributed by atoms with Crippen molar-refractivity contribution in [2.24, 2.45) is 0 Å². The Labute approximate surface area is 100 Å². The quantitative estimate of drug-likeness (QED) is 0.377. The van der Waals surface area contributed by atoms with Crippen LogP contribution in [-0.2, 0) is 0 Å². The number of hydrogen-bond donors (Lipinski definition) is 0. The second kappa shape index (κ2) is 3.43. The van der Waals surface area contributed by atoms with E-state index in [9.17, 15) is 10.1 Å². The lowest BCUT2D eigenvalue weighted by Crippen LogP contribution is -2.08. The van der Waals surface area contributed by atoms with Crippen molar-refractivity contribution in [1.29, 1.82) is 0 Å². The van der Waals surface area contributed by atoms with Gasteiger partial charge in [-0.25, -0.2) is 15.1 Å². The summed E-state index contributed by atoms with van der Waals surface area (Å²) in [5, 5.41) is 12.3. The standard InChI is InChI=1S/C11H6ClN3O2/c12-11-10-8(5-6-13-11)7-3-1-2-4-9(7)14(10)15(16)17/h1-6H. The fourth-order valence-electron chi connectivity index (χ4n) is 2.02. The van der Waals surface area contributed by atoms with E-state index in [1.54, 1.807) is 24.4 Å². The molecule has 2 aromatic heterocycles. The first-order valence-corrected chi connectivity index (χ1v) is 5.26. The van der Waals surface area contributed by atoms with Crippen molar-refractivity contribution in [1.82, 2.24) is 9.66 Å². The number of fused-ring (bicyclic) bond motifs is 3. The molecule has 0 aliphatic rings. The van der Waals surface area contributed by atoms with Crippen molar-refractivity contribution in [3.8, 4) is 0 Å². The predicted molar refractivity (Wildman–Crippen MR) is 64.6 cm³/mol. The van der Waals surface area contributed by atoms with E-state index in [0.29, 0.717) is 11.0 Å². The minimum absolute atomic E-state index is 0.135. The molecule has 1 aromatic carbocycles. The van der Waals surface area contributed by atoms with Crippen LogP contribution < -0.4 is 0 Å². The van der Waals surface area contributed by atoms with E-state index in [1.807, 2.05) is 12.1 Å². The van der Waals surface area contributed by atoms with Gasteiger partial charge in [-0.2, -0.15) is 0 Å². The molecular formula is C11H6ClN3O2.